The zero-order valence-corrected chi connectivity index (χ0v) is 19.1. The van der Waals surface area contributed by atoms with Crippen molar-refractivity contribution in [2.45, 2.75) is 31.8 Å². The van der Waals surface area contributed by atoms with Gasteiger partial charge in [0.25, 0.3) is 0 Å². The molecule has 2 aromatic heterocycles. The molecule has 0 aliphatic carbocycles. The number of carbonyl (C=O) groups is 1. The zero-order valence-electron chi connectivity index (χ0n) is 18.3. The van der Waals surface area contributed by atoms with Crippen LogP contribution in [0.5, 0.6) is 0 Å². The molecule has 0 spiro atoms. The molecule has 7 heteroatoms. The molecule has 0 unspecified atom stereocenters. The Kier molecular flexibility index (Phi) is 6.66. The second-order valence-corrected chi connectivity index (χ2v) is 8.71. The number of rotatable bonds is 7. The number of amides is 1. The summed E-state index contributed by atoms with van der Waals surface area (Å²) in [5.41, 5.74) is 4.78. The number of benzene rings is 2. The van der Waals surface area contributed by atoms with Crippen molar-refractivity contribution >= 4 is 23.4 Å². The van der Waals surface area contributed by atoms with Crippen molar-refractivity contribution in [1.29, 1.82) is 0 Å². The molecule has 32 heavy (non-hydrogen) atoms. The van der Waals surface area contributed by atoms with E-state index in [1.165, 1.54) is 17.3 Å². The van der Waals surface area contributed by atoms with E-state index in [0.29, 0.717) is 16.9 Å². The summed E-state index contributed by atoms with van der Waals surface area (Å²) >= 11 is 1.35. The van der Waals surface area contributed by atoms with Crippen LogP contribution >= 0.6 is 11.8 Å². The highest BCUT2D eigenvalue weighted by atomic mass is 32.2. The fourth-order valence-corrected chi connectivity index (χ4v) is 4.13. The Morgan fingerprint density at radius 1 is 1.00 bits per heavy atom. The standard InChI is InChI=1S/C25H25N5OS/c1-17(2)20-8-4-5-9-21(20)27-23(31)16-32-25-29-28-24(22-10-6-7-15-26-22)30(25)19-13-11-18(3)12-14-19/h4-15,17H,16H2,1-3H3,(H,27,31). The molecular formula is C25H25N5OS. The van der Waals surface area contributed by atoms with Gasteiger partial charge in [-0.3, -0.25) is 14.3 Å². The molecule has 0 aliphatic heterocycles. The average molecular weight is 444 g/mol. The Labute approximate surface area is 192 Å². The third-order valence-electron chi connectivity index (χ3n) is 5.01. The third-order valence-corrected chi connectivity index (χ3v) is 5.94. The predicted octanol–water partition coefficient (Wildman–Crippen LogP) is 5.49. The molecule has 2 heterocycles. The smallest absolute Gasteiger partial charge is 0.234 e. The summed E-state index contributed by atoms with van der Waals surface area (Å²) in [6.45, 7) is 6.27. The largest absolute Gasteiger partial charge is 0.325 e. The summed E-state index contributed by atoms with van der Waals surface area (Å²) in [6.07, 6.45) is 1.73. The highest BCUT2D eigenvalue weighted by molar-refractivity contribution is 7.99. The van der Waals surface area contributed by atoms with E-state index in [1.54, 1.807) is 6.20 Å². The number of hydrogen-bond donors (Lipinski definition) is 1. The number of aromatic nitrogens is 4. The number of nitrogens with zero attached hydrogens (tertiary/aromatic N) is 4. The SMILES string of the molecule is Cc1ccc(-n2c(SCC(=O)Nc3ccccc3C(C)C)nnc2-c2ccccn2)cc1. The second kappa shape index (κ2) is 9.78. The van der Waals surface area contributed by atoms with Gasteiger partial charge in [-0.25, -0.2) is 0 Å². The number of thioether (sulfide) groups is 1. The van der Waals surface area contributed by atoms with Gasteiger partial charge in [0.05, 0.1) is 5.75 Å². The first-order chi connectivity index (χ1) is 15.5. The molecule has 4 aromatic rings. The van der Waals surface area contributed by atoms with Gasteiger partial charge >= 0.3 is 0 Å². The van der Waals surface area contributed by atoms with Crippen molar-refractivity contribution in [3.63, 3.8) is 0 Å². The van der Waals surface area contributed by atoms with Crippen molar-refractivity contribution in [3.05, 3.63) is 84.1 Å². The molecule has 4 rings (SSSR count). The van der Waals surface area contributed by atoms with Gasteiger partial charge in [0.15, 0.2) is 11.0 Å². The highest BCUT2D eigenvalue weighted by Crippen LogP contribution is 2.28. The van der Waals surface area contributed by atoms with Gasteiger partial charge in [0.1, 0.15) is 5.69 Å². The maximum absolute atomic E-state index is 12.7. The molecule has 0 aliphatic rings. The Balaban J connectivity index is 1.58. The fourth-order valence-electron chi connectivity index (χ4n) is 3.38. The van der Waals surface area contributed by atoms with Crippen LogP contribution in [0.15, 0.2) is 78.1 Å². The summed E-state index contributed by atoms with van der Waals surface area (Å²) in [4.78, 5) is 17.2. The third kappa shape index (κ3) is 4.89. The molecule has 1 N–H and O–H groups in total. The zero-order chi connectivity index (χ0) is 22.5. The van der Waals surface area contributed by atoms with E-state index in [9.17, 15) is 4.79 Å². The molecular weight excluding hydrogens is 418 g/mol. The molecule has 0 radical (unpaired) electrons. The number of pyridine rings is 1. The van der Waals surface area contributed by atoms with Crippen molar-refractivity contribution in [2.24, 2.45) is 0 Å². The summed E-state index contributed by atoms with van der Waals surface area (Å²) in [6, 6.07) is 21.7. The molecule has 1 amide bonds. The first-order valence-corrected chi connectivity index (χ1v) is 11.5. The van der Waals surface area contributed by atoms with Crippen LogP contribution in [0.1, 0.15) is 30.9 Å². The van der Waals surface area contributed by atoms with E-state index in [4.69, 9.17) is 0 Å². The second-order valence-electron chi connectivity index (χ2n) is 7.77. The van der Waals surface area contributed by atoms with Gasteiger partial charge < -0.3 is 5.32 Å². The number of aryl methyl sites for hydroxylation is 1. The van der Waals surface area contributed by atoms with Crippen LogP contribution < -0.4 is 5.32 Å². The Bertz CT molecular complexity index is 1200. The Morgan fingerprint density at radius 3 is 2.47 bits per heavy atom. The maximum atomic E-state index is 12.7. The lowest BCUT2D eigenvalue weighted by Gasteiger charge is -2.14. The van der Waals surface area contributed by atoms with Crippen molar-refractivity contribution in [2.75, 3.05) is 11.1 Å². The predicted molar refractivity (Wildman–Crippen MR) is 129 cm³/mol. The first kappa shape index (κ1) is 21.8. The summed E-state index contributed by atoms with van der Waals surface area (Å²) in [5.74, 6) is 1.10. The number of anilines is 1. The lowest BCUT2D eigenvalue weighted by Crippen LogP contribution is -2.16. The van der Waals surface area contributed by atoms with E-state index in [2.05, 4.69) is 34.3 Å². The van der Waals surface area contributed by atoms with Gasteiger partial charge in [-0.1, -0.05) is 67.6 Å². The minimum absolute atomic E-state index is 0.0825. The van der Waals surface area contributed by atoms with Crippen molar-refractivity contribution in [3.8, 4) is 17.2 Å². The van der Waals surface area contributed by atoms with E-state index in [-0.39, 0.29) is 11.7 Å². The molecule has 0 atom stereocenters. The Hall–Kier alpha value is -3.45. The topological polar surface area (TPSA) is 72.7 Å². The van der Waals surface area contributed by atoms with Gasteiger partial charge in [0, 0.05) is 17.6 Å². The molecule has 0 saturated heterocycles. The quantitative estimate of drug-likeness (QED) is 0.382. The number of hydrogen-bond acceptors (Lipinski definition) is 5. The van der Waals surface area contributed by atoms with E-state index in [0.717, 1.165) is 22.6 Å². The molecule has 0 bridgehead atoms. The molecule has 162 valence electrons. The first-order valence-electron chi connectivity index (χ1n) is 10.5. The molecule has 0 saturated carbocycles. The summed E-state index contributed by atoms with van der Waals surface area (Å²) < 4.78 is 1.95. The van der Waals surface area contributed by atoms with Gasteiger partial charge in [-0.2, -0.15) is 0 Å². The molecule has 2 aromatic carbocycles. The van der Waals surface area contributed by atoms with E-state index in [1.807, 2.05) is 78.2 Å². The molecule has 0 fully saturated rings. The van der Waals surface area contributed by atoms with Crippen LogP contribution in [-0.4, -0.2) is 31.4 Å². The highest BCUT2D eigenvalue weighted by Gasteiger charge is 2.18. The van der Waals surface area contributed by atoms with E-state index >= 15 is 0 Å². The van der Waals surface area contributed by atoms with Crippen molar-refractivity contribution < 1.29 is 4.79 Å². The minimum Gasteiger partial charge on any atom is -0.325 e. The summed E-state index contributed by atoms with van der Waals surface area (Å²) in [7, 11) is 0. The number of para-hydroxylation sites is 1. The van der Waals surface area contributed by atoms with Crippen LogP contribution in [0.3, 0.4) is 0 Å². The van der Waals surface area contributed by atoms with Crippen molar-refractivity contribution in [1.82, 2.24) is 19.7 Å². The van der Waals surface area contributed by atoms with Crippen LogP contribution in [-0.2, 0) is 4.79 Å². The van der Waals surface area contributed by atoms with E-state index < -0.39 is 0 Å². The minimum atomic E-state index is -0.0825. The molecule has 6 nitrogen and oxygen atoms in total. The van der Waals surface area contributed by atoms with Crippen LogP contribution in [0, 0.1) is 6.92 Å². The maximum Gasteiger partial charge on any atom is 0.234 e. The van der Waals surface area contributed by atoms with Crippen LogP contribution in [0.4, 0.5) is 5.69 Å². The lowest BCUT2D eigenvalue weighted by molar-refractivity contribution is -0.113. The van der Waals surface area contributed by atoms with Gasteiger partial charge in [0.2, 0.25) is 5.91 Å². The monoisotopic (exact) mass is 443 g/mol. The van der Waals surface area contributed by atoms with Crippen LogP contribution in [0.25, 0.3) is 17.2 Å². The number of carbonyl (C=O) groups excluding carboxylic acids is 1. The normalized spacial score (nSPS) is 11.0. The fraction of sp³-hybridized carbons (Fsp3) is 0.200. The van der Waals surface area contributed by atoms with Crippen LogP contribution in [0.2, 0.25) is 0 Å². The lowest BCUT2D eigenvalue weighted by atomic mass is 10.0. The Morgan fingerprint density at radius 2 is 1.75 bits per heavy atom. The van der Waals surface area contributed by atoms with Gasteiger partial charge in [-0.05, 0) is 48.7 Å². The number of nitrogens with one attached hydrogen (secondary N) is 1. The summed E-state index contributed by atoms with van der Waals surface area (Å²) in [5, 5.41) is 12.4. The average Bonchev–Trinajstić information content (AvgIpc) is 3.23. The van der Waals surface area contributed by atoms with Gasteiger partial charge in [-0.15, -0.1) is 10.2 Å².